The fourth-order valence-corrected chi connectivity index (χ4v) is 2.34. The Morgan fingerprint density at radius 3 is 2.73 bits per heavy atom. The van der Waals surface area contributed by atoms with Crippen molar-refractivity contribution in [3.8, 4) is 0 Å². The normalized spacial score (nSPS) is 12.5. The van der Waals surface area contributed by atoms with Crippen LogP contribution in [-0.2, 0) is 0 Å². The summed E-state index contributed by atoms with van der Waals surface area (Å²) < 4.78 is 0. The van der Waals surface area contributed by atoms with Gasteiger partial charge in [0.25, 0.3) is 0 Å². The molecule has 1 aromatic carbocycles. The molecule has 0 N–H and O–H groups in total. The zero-order chi connectivity index (χ0) is 11.4. The third kappa shape index (κ3) is 3.89. The van der Waals surface area contributed by atoms with Gasteiger partial charge >= 0.3 is 0 Å². The average Bonchev–Trinajstić information content (AvgIpc) is 2.15. The van der Waals surface area contributed by atoms with Crippen LogP contribution in [-0.4, -0.2) is 16.7 Å². The zero-order valence-electron chi connectivity index (χ0n) is 7.94. The molecule has 1 unspecified atom stereocenters. The van der Waals surface area contributed by atoms with E-state index in [1.807, 2.05) is 0 Å². The van der Waals surface area contributed by atoms with Gasteiger partial charge in [0, 0.05) is 21.8 Å². The molecule has 0 saturated heterocycles. The molecule has 1 rings (SSSR count). The number of halogens is 2. The SMILES string of the molecule is CC(CSc1ccc(Cl)cc1Cl)[N+](=O)[O-]. The second-order valence-corrected chi connectivity index (χ2v) is 4.93. The van der Waals surface area contributed by atoms with Gasteiger partial charge in [0.2, 0.25) is 6.04 Å². The van der Waals surface area contributed by atoms with Crippen LogP contribution in [0.1, 0.15) is 6.92 Å². The van der Waals surface area contributed by atoms with Gasteiger partial charge in [-0.2, -0.15) is 0 Å². The van der Waals surface area contributed by atoms with Crippen molar-refractivity contribution in [3.05, 3.63) is 38.4 Å². The van der Waals surface area contributed by atoms with Crippen LogP contribution in [0.5, 0.6) is 0 Å². The number of hydrogen-bond donors (Lipinski definition) is 0. The van der Waals surface area contributed by atoms with Crippen molar-refractivity contribution in [2.75, 3.05) is 5.75 Å². The van der Waals surface area contributed by atoms with Gasteiger partial charge in [-0.1, -0.05) is 23.2 Å². The molecule has 3 nitrogen and oxygen atoms in total. The number of benzene rings is 1. The largest absolute Gasteiger partial charge is 0.264 e. The van der Waals surface area contributed by atoms with Gasteiger partial charge < -0.3 is 0 Å². The topological polar surface area (TPSA) is 43.1 Å². The van der Waals surface area contributed by atoms with Crippen LogP contribution in [0, 0.1) is 10.1 Å². The van der Waals surface area contributed by atoms with E-state index in [2.05, 4.69) is 0 Å². The van der Waals surface area contributed by atoms with Gasteiger partial charge in [-0.25, -0.2) is 0 Å². The van der Waals surface area contributed by atoms with E-state index < -0.39 is 6.04 Å². The Bertz CT molecular complexity index is 373. The van der Waals surface area contributed by atoms with Crippen molar-refractivity contribution < 1.29 is 4.92 Å². The molecule has 1 atom stereocenters. The van der Waals surface area contributed by atoms with E-state index in [1.165, 1.54) is 11.8 Å². The minimum Gasteiger partial charge on any atom is -0.264 e. The van der Waals surface area contributed by atoms with Crippen molar-refractivity contribution in [2.24, 2.45) is 0 Å². The Labute approximate surface area is 102 Å². The summed E-state index contributed by atoms with van der Waals surface area (Å²) in [5, 5.41) is 11.5. The van der Waals surface area contributed by atoms with E-state index in [0.717, 1.165) is 4.90 Å². The molecule has 0 heterocycles. The van der Waals surface area contributed by atoms with Gasteiger partial charge in [0.15, 0.2) is 0 Å². The second kappa shape index (κ2) is 5.58. The van der Waals surface area contributed by atoms with Gasteiger partial charge in [0.05, 0.1) is 10.8 Å². The molecule has 0 aliphatic heterocycles. The van der Waals surface area contributed by atoms with Crippen molar-refractivity contribution in [1.29, 1.82) is 0 Å². The first-order chi connectivity index (χ1) is 7.00. The fraction of sp³-hybridized carbons (Fsp3) is 0.333. The summed E-state index contributed by atoms with van der Waals surface area (Å²) in [5.41, 5.74) is 0. The Morgan fingerprint density at radius 2 is 2.20 bits per heavy atom. The zero-order valence-corrected chi connectivity index (χ0v) is 10.3. The molecule has 1 aromatic rings. The smallest absolute Gasteiger partial charge is 0.219 e. The maximum absolute atomic E-state index is 10.4. The monoisotopic (exact) mass is 265 g/mol. The Hall–Kier alpha value is -0.450. The van der Waals surface area contributed by atoms with Crippen molar-refractivity contribution in [2.45, 2.75) is 17.9 Å². The molecule has 6 heteroatoms. The number of nitro groups is 1. The molecule has 0 aliphatic carbocycles. The molecule has 0 radical (unpaired) electrons. The van der Waals surface area contributed by atoms with E-state index in [0.29, 0.717) is 15.8 Å². The lowest BCUT2D eigenvalue weighted by Crippen LogP contribution is -2.17. The minimum absolute atomic E-state index is 0.309. The summed E-state index contributed by atoms with van der Waals surface area (Å²) in [7, 11) is 0. The first-order valence-corrected chi connectivity index (χ1v) is 5.96. The molecule has 82 valence electrons. The highest BCUT2D eigenvalue weighted by atomic mass is 35.5. The van der Waals surface area contributed by atoms with Crippen LogP contribution in [0.15, 0.2) is 23.1 Å². The lowest BCUT2D eigenvalue weighted by atomic mass is 10.4. The van der Waals surface area contributed by atoms with Gasteiger partial charge in [0.1, 0.15) is 0 Å². The summed E-state index contributed by atoms with van der Waals surface area (Å²) in [4.78, 5) is 10.9. The molecular weight excluding hydrogens is 257 g/mol. The fourth-order valence-electron chi connectivity index (χ4n) is 0.864. The first kappa shape index (κ1) is 12.6. The molecule has 15 heavy (non-hydrogen) atoms. The highest BCUT2D eigenvalue weighted by Gasteiger charge is 2.13. The summed E-state index contributed by atoms with van der Waals surface area (Å²) in [6.07, 6.45) is 0. The van der Waals surface area contributed by atoms with E-state index in [9.17, 15) is 10.1 Å². The quantitative estimate of drug-likeness (QED) is 0.473. The number of nitrogens with zero attached hydrogens (tertiary/aromatic N) is 1. The van der Waals surface area contributed by atoms with Gasteiger partial charge in [-0.3, -0.25) is 10.1 Å². The highest BCUT2D eigenvalue weighted by molar-refractivity contribution is 7.99. The van der Waals surface area contributed by atoms with Crippen LogP contribution in [0.4, 0.5) is 0 Å². The minimum atomic E-state index is -0.582. The standard InChI is InChI=1S/C9H9Cl2NO2S/c1-6(12(13)14)5-15-9-3-2-7(10)4-8(9)11/h2-4,6H,5H2,1H3. The summed E-state index contributed by atoms with van der Waals surface area (Å²) in [6.45, 7) is 1.57. The maximum atomic E-state index is 10.4. The summed E-state index contributed by atoms with van der Waals surface area (Å²) in [5.74, 6) is 0.397. The van der Waals surface area contributed by atoms with Crippen molar-refractivity contribution >= 4 is 35.0 Å². The highest BCUT2D eigenvalue weighted by Crippen LogP contribution is 2.30. The van der Waals surface area contributed by atoms with Crippen LogP contribution in [0.25, 0.3) is 0 Å². The molecule has 0 aliphatic rings. The van der Waals surface area contributed by atoms with E-state index in [4.69, 9.17) is 23.2 Å². The molecular formula is C9H9Cl2NO2S. The first-order valence-electron chi connectivity index (χ1n) is 4.22. The van der Waals surface area contributed by atoms with E-state index in [1.54, 1.807) is 25.1 Å². The van der Waals surface area contributed by atoms with Crippen molar-refractivity contribution in [3.63, 3.8) is 0 Å². The summed E-state index contributed by atoms with van der Waals surface area (Å²) >= 11 is 13.0. The third-order valence-electron chi connectivity index (χ3n) is 1.73. The average molecular weight is 266 g/mol. The van der Waals surface area contributed by atoms with Crippen LogP contribution < -0.4 is 0 Å². The van der Waals surface area contributed by atoms with E-state index >= 15 is 0 Å². The van der Waals surface area contributed by atoms with Crippen LogP contribution in [0.2, 0.25) is 10.0 Å². The van der Waals surface area contributed by atoms with Gasteiger partial charge in [-0.15, -0.1) is 11.8 Å². The maximum Gasteiger partial charge on any atom is 0.219 e. The second-order valence-electron chi connectivity index (χ2n) is 3.02. The lowest BCUT2D eigenvalue weighted by Gasteiger charge is -2.05. The van der Waals surface area contributed by atoms with Gasteiger partial charge in [-0.05, 0) is 18.2 Å². The predicted octanol–water partition coefficient (Wildman–Crippen LogP) is 3.75. The third-order valence-corrected chi connectivity index (χ3v) is 3.71. The molecule has 0 bridgehead atoms. The Morgan fingerprint density at radius 1 is 1.53 bits per heavy atom. The predicted molar refractivity (Wildman–Crippen MR) is 63.6 cm³/mol. The molecule has 0 amide bonds. The number of rotatable bonds is 4. The number of hydrogen-bond acceptors (Lipinski definition) is 3. The molecule has 0 saturated carbocycles. The number of thioether (sulfide) groups is 1. The molecule has 0 spiro atoms. The molecule has 0 aromatic heterocycles. The van der Waals surface area contributed by atoms with Crippen molar-refractivity contribution in [1.82, 2.24) is 0 Å². The van der Waals surface area contributed by atoms with Crippen LogP contribution >= 0.6 is 35.0 Å². The van der Waals surface area contributed by atoms with E-state index in [-0.39, 0.29) is 4.92 Å². The Kier molecular flexibility index (Phi) is 4.70. The van der Waals surface area contributed by atoms with Crippen LogP contribution in [0.3, 0.4) is 0 Å². The molecule has 0 fully saturated rings. The summed E-state index contributed by atoms with van der Waals surface area (Å²) in [6, 6.07) is 4.53. The Balaban J connectivity index is 2.62. The lowest BCUT2D eigenvalue weighted by molar-refractivity contribution is -0.511.